The van der Waals surface area contributed by atoms with Crippen LogP contribution in [-0.4, -0.2) is 55.6 Å². The molecule has 0 radical (unpaired) electrons. The van der Waals surface area contributed by atoms with Crippen LogP contribution in [0.2, 0.25) is 0 Å². The third-order valence-electron chi connectivity index (χ3n) is 6.20. The Kier molecular flexibility index (Phi) is 5.67. The highest BCUT2D eigenvalue weighted by Gasteiger charge is 2.31. The summed E-state index contributed by atoms with van der Waals surface area (Å²) in [5.41, 5.74) is 4.46. The van der Waals surface area contributed by atoms with Crippen LogP contribution < -0.4 is 0 Å². The van der Waals surface area contributed by atoms with Crippen LogP contribution in [0.25, 0.3) is 0 Å². The molecule has 0 aliphatic carbocycles. The number of aryl methyl sites for hydroxylation is 2. The summed E-state index contributed by atoms with van der Waals surface area (Å²) in [6, 6.07) is 2.09. The van der Waals surface area contributed by atoms with Gasteiger partial charge in [0.15, 0.2) is 5.82 Å². The van der Waals surface area contributed by atoms with E-state index in [-0.39, 0.29) is 18.0 Å². The van der Waals surface area contributed by atoms with E-state index >= 15 is 0 Å². The molecule has 1 amide bonds. The molecule has 2 aromatic rings. The van der Waals surface area contributed by atoms with E-state index in [2.05, 4.69) is 35.0 Å². The maximum atomic E-state index is 13.2. The minimum atomic E-state index is -0.00568. The van der Waals surface area contributed by atoms with Crippen molar-refractivity contribution in [3.8, 4) is 0 Å². The van der Waals surface area contributed by atoms with Crippen molar-refractivity contribution in [2.24, 2.45) is 0 Å². The zero-order valence-electron chi connectivity index (χ0n) is 18.1. The number of carbonyl (C=O) groups excluding carboxylic acids is 1. The van der Waals surface area contributed by atoms with Gasteiger partial charge in [0.1, 0.15) is 0 Å². The SMILES string of the molecule is Cc1cc(C)n([C@@H](C)CC(=O)N2CCCC[C@@H]2c2ncc3c(n2)CCN(C)C3)n1. The van der Waals surface area contributed by atoms with E-state index in [1.807, 2.05) is 29.6 Å². The molecule has 2 aliphatic heterocycles. The Morgan fingerprint density at radius 3 is 2.86 bits per heavy atom. The standard InChI is InChI=1S/C22H32N6O/c1-15-11-16(2)28(25-15)17(3)12-21(29)27-9-6-5-7-20(27)22-23-13-18-14-26(4)10-8-19(18)24-22/h11,13,17,20H,5-10,12,14H2,1-4H3/t17-,20+/m0/s1. The van der Waals surface area contributed by atoms with Gasteiger partial charge in [-0.3, -0.25) is 9.48 Å². The predicted molar refractivity (Wildman–Crippen MR) is 111 cm³/mol. The number of carbonyl (C=O) groups is 1. The second kappa shape index (κ2) is 8.22. The van der Waals surface area contributed by atoms with Gasteiger partial charge in [-0.25, -0.2) is 9.97 Å². The first-order valence-electron chi connectivity index (χ1n) is 10.8. The van der Waals surface area contributed by atoms with Gasteiger partial charge in [-0.2, -0.15) is 5.10 Å². The van der Waals surface area contributed by atoms with Crippen LogP contribution in [-0.2, 0) is 17.8 Å². The molecule has 0 unspecified atom stereocenters. The highest BCUT2D eigenvalue weighted by molar-refractivity contribution is 5.77. The van der Waals surface area contributed by atoms with Gasteiger partial charge in [0.25, 0.3) is 0 Å². The maximum absolute atomic E-state index is 13.2. The van der Waals surface area contributed by atoms with Crippen molar-refractivity contribution < 1.29 is 4.79 Å². The van der Waals surface area contributed by atoms with Crippen LogP contribution in [0.3, 0.4) is 0 Å². The van der Waals surface area contributed by atoms with Crippen LogP contribution >= 0.6 is 0 Å². The van der Waals surface area contributed by atoms with Gasteiger partial charge < -0.3 is 9.80 Å². The van der Waals surface area contributed by atoms with E-state index in [1.165, 1.54) is 5.56 Å². The number of piperidine rings is 1. The Morgan fingerprint density at radius 2 is 2.10 bits per heavy atom. The van der Waals surface area contributed by atoms with Gasteiger partial charge in [0, 0.05) is 55.6 Å². The zero-order valence-corrected chi connectivity index (χ0v) is 18.1. The maximum Gasteiger partial charge on any atom is 0.225 e. The van der Waals surface area contributed by atoms with Gasteiger partial charge >= 0.3 is 0 Å². The normalized spacial score (nSPS) is 21.1. The Balaban J connectivity index is 1.51. The molecule has 4 heterocycles. The van der Waals surface area contributed by atoms with Crippen molar-refractivity contribution >= 4 is 5.91 Å². The van der Waals surface area contributed by atoms with Crippen LogP contribution in [0.1, 0.15) is 73.2 Å². The van der Waals surface area contributed by atoms with Crippen LogP contribution in [0, 0.1) is 13.8 Å². The highest BCUT2D eigenvalue weighted by atomic mass is 16.2. The summed E-state index contributed by atoms with van der Waals surface area (Å²) in [5, 5.41) is 4.56. The number of nitrogens with zero attached hydrogens (tertiary/aromatic N) is 6. The van der Waals surface area contributed by atoms with Crippen LogP contribution in [0.5, 0.6) is 0 Å². The fourth-order valence-corrected chi connectivity index (χ4v) is 4.68. The lowest BCUT2D eigenvalue weighted by atomic mass is 9.99. The molecule has 7 nitrogen and oxygen atoms in total. The third-order valence-corrected chi connectivity index (χ3v) is 6.20. The molecule has 29 heavy (non-hydrogen) atoms. The van der Waals surface area contributed by atoms with Crippen molar-refractivity contribution in [3.63, 3.8) is 0 Å². The number of likely N-dealkylation sites (N-methyl/N-ethyl adjacent to an activating group) is 1. The molecule has 2 aliphatic rings. The first-order valence-corrected chi connectivity index (χ1v) is 10.8. The lowest BCUT2D eigenvalue weighted by Crippen LogP contribution is -2.40. The quantitative estimate of drug-likeness (QED) is 0.795. The van der Waals surface area contributed by atoms with Gasteiger partial charge in [-0.05, 0) is 53.1 Å². The molecule has 0 aromatic carbocycles. The molecule has 0 bridgehead atoms. The predicted octanol–water partition coefficient (Wildman–Crippen LogP) is 2.98. The summed E-state index contributed by atoms with van der Waals surface area (Å²) in [4.78, 5) is 27.1. The van der Waals surface area contributed by atoms with Crippen molar-refractivity contribution in [1.29, 1.82) is 0 Å². The second-order valence-electron chi connectivity index (χ2n) is 8.71. The Hall–Kier alpha value is -2.28. The highest BCUT2D eigenvalue weighted by Crippen LogP contribution is 2.31. The van der Waals surface area contributed by atoms with Gasteiger partial charge in [-0.15, -0.1) is 0 Å². The Labute approximate surface area is 173 Å². The average Bonchev–Trinajstić information content (AvgIpc) is 3.05. The largest absolute Gasteiger partial charge is 0.332 e. The van der Waals surface area contributed by atoms with Crippen molar-refractivity contribution in [2.45, 2.75) is 71.5 Å². The molecule has 2 aromatic heterocycles. The van der Waals surface area contributed by atoms with Gasteiger partial charge in [-0.1, -0.05) is 0 Å². The smallest absolute Gasteiger partial charge is 0.225 e. The molecular formula is C22H32N6O. The minimum absolute atomic E-state index is 0.00568. The monoisotopic (exact) mass is 396 g/mol. The fourth-order valence-electron chi connectivity index (χ4n) is 4.68. The molecule has 0 saturated carbocycles. The number of amides is 1. The number of aromatic nitrogens is 4. The summed E-state index contributed by atoms with van der Waals surface area (Å²) in [6.07, 6.45) is 6.49. The number of hydrogen-bond donors (Lipinski definition) is 0. The van der Waals surface area contributed by atoms with Crippen LogP contribution in [0.15, 0.2) is 12.3 Å². The minimum Gasteiger partial charge on any atom is -0.332 e. The fraction of sp³-hybridized carbons (Fsp3) is 0.636. The molecule has 7 heteroatoms. The number of fused-ring (bicyclic) bond motifs is 1. The number of hydrogen-bond acceptors (Lipinski definition) is 5. The van der Waals surface area contributed by atoms with E-state index < -0.39 is 0 Å². The lowest BCUT2D eigenvalue weighted by molar-refractivity contribution is -0.136. The molecular weight excluding hydrogens is 364 g/mol. The molecule has 0 N–H and O–H groups in total. The van der Waals surface area contributed by atoms with E-state index in [0.29, 0.717) is 6.42 Å². The van der Waals surface area contributed by atoms with Crippen molar-refractivity contribution in [3.05, 3.63) is 40.7 Å². The van der Waals surface area contributed by atoms with Crippen LogP contribution in [0.4, 0.5) is 0 Å². The Bertz CT molecular complexity index is 891. The lowest BCUT2D eigenvalue weighted by Gasteiger charge is -2.36. The summed E-state index contributed by atoms with van der Waals surface area (Å²) in [7, 11) is 2.13. The molecule has 4 rings (SSSR count). The zero-order chi connectivity index (χ0) is 20.5. The van der Waals surface area contributed by atoms with E-state index in [1.54, 1.807) is 0 Å². The van der Waals surface area contributed by atoms with Gasteiger partial charge in [0.2, 0.25) is 5.91 Å². The van der Waals surface area contributed by atoms with Crippen molar-refractivity contribution in [1.82, 2.24) is 29.5 Å². The summed E-state index contributed by atoms with van der Waals surface area (Å²) >= 11 is 0. The van der Waals surface area contributed by atoms with Gasteiger partial charge in [0.05, 0.1) is 17.8 Å². The molecule has 156 valence electrons. The molecule has 1 fully saturated rings. The topological polar surface area (TPSA) is 67.2 Å². The van der Waals surface area contributed by atoms with E-state index in [0.717, 1.165) is 68.2 Å². The van der Waals surface area contributed by atoms with E-state index in [4.69, 9.17) is 4.98 Å². The first-order chi connectivity index (χ1) is 13.9. The summed E-state index contributed by atoms with van der Waals surface area (Å²) in [6.45, 7) is 8.83. The van der Waals surface area contributed by atoms with E-state index in [9.17, 15) is 4.79 Å². The number of likely N-dealkylation sites (tertiary alicyclic amines) is 1. The number of rotatable bonds is 4. The summed E-state index contributed by atoms with van der Waals surface area (Å²) < 4.78 is 1.97. The second-order valence-corrected chi connectivity index (χ2v) is 8.71. The average molecular weight is 397 g/mol. The molecule has 0 spiro atoms. The molecule has 1 saturated heterocycles. The van der Waals surface area contributed by atoms with Crippen molar-refractivity contribution in [2.75, 3.05) is 20.1 Å². The third kappa shape index (κ3) is 4.20. The molecule has 2 atom stereocenters. The first kappa shape index (κ1) is 20.0. The summed E-state index contributed by atoms with van der Waals surface area (Å²) in [5.74, 6) is 0.996. The Morgan fingerprint density at radius 1 is 1.28 bits per heavy atom.